The number of nitrogens with one attached hydrogen (secondary N) is 1. The Kier molecular flexibility index (Phi) is 8.04. The Labute approximate surface area is 225 Å². The number of hydrogen-bond acceptors (Lipinski definition) is 7. The molecule has 0 bridgehead atoms. The maximum absolute atomic E-state index is 14.7. The summed E-state index contributed by atoms with van der Waals surface area (Å²) in [7, 11) is 1.63. The van der Waals surface area contributed by atoms with E-state index in [9.17, 15) is 13.9 Å². The summed E-state index contributed by atoms with van der Waals surface area (Å²) >= 11 is 0. The van der Waals surface area contributed by atoms with Crippen LogP contribution in [0.4, 0.5) is 14.5 Å². The molecule has 4 aromatic rings. The fraction of sp³-hybridized carbons (Fsp3) is 0.310. The van der Waals surface area contributed by atoms with Crippen LogP contribution in [-0.4, -0.2) is 57.6 Å². The minimum Gasteiger partial charge on any atom is -0.497 e. The van der Waals surface area contributed by atoms with E-state index in [-0.39, 0.29) is 24.7 Å². The molecule has 1 atom stereocenters. The Morgan fingerprint density at radius 3 is 2.23 bits per heavy atom. The lowest BCUT2D eigenvalue weighted by Crippen LogP contribution is -2.48. The van der Waals surface area contributed by atoms with Crippen LogP contribution < -0.4 is 14.8 Å². The summed E-state index contributed by atoms with van der Waals surface area (Å²) in [6, 6.07) is 18.7. The van der Waals surface area contributed by atoms with Crippen LogP contribution >= 0.6 is 0 Å². The third-order valence-corrected chi connectivity index (χ3v) is 6.92. The van der Waals surface area contributed by atoms with Crippen molar-refractivity contribution < 1.29 is 23.4 Å². The molecule has 204 valence electrons. The number of aliphatic hydroxyl groups is 1. The van der Waals surface area contributed by atoms with Gasteiger partial charge in [0.25, 0.3) is 0 Å². The van der Waals surface area contributed by atoms with Gasteiger partial charge in [0.2, 0.25) is 0 Å². The number of nitrogens with zero attached hydrogens (tertiary/aromatic N) is 4. The van der Waals surface area contributed by atoms with Gasteiger partial charge >= 0.3 is 0 Å². The number of rotatable bonds is 10. The summed E-state index contributed by atoms with van der Waals surface area (Å²) < 4.78 is 40.8. The molecule has 2 N–H and O–H groups in total. The third kappa shape index (κ3) is 6.71. The van der Waals surface area contributed by atoms with Crippen LogP contribution in [0.2, 0.25) is 0 Å². The quantitative estimate of drug-likeness (QED) is 0.301. The number of piperidine rings is 1. The predicted octanol–water partition coefficient (Wildman–Crippen LogP) is 4.82. The van der Waals surface area contributed by atoms with Crippen molar-refractivity contribution in [2.75, 3.05) is 32.1 Å². The first kappa shape index (κ1) is 26.6. The van der Waals surface area contributed by atoms with Crippen LogP contribution in [0.15, 0.2) is 79.4 Å². The molecule has 0 spiro atoms. The van der Waals surface area contributed by atoms with Crippen molar-refractivity contribution in [1.29, 1.82) is 0 Å². The minimum atomic E-state index is -1.61. The highest BCUT2D eigenvalue weighted by molar-refractivity contribution is 5.48. The Morgan fingerprint density at radius 2 is 1.62 bits per heavy atom. The minimum absolute atomic E-state index is 0.00131. The van der Waals surface area contributed by atoms with Gasteiger partial charge in [0.1, 0.15) is 47.1 Å². The summed E-state index contributed by atoms with van der Waals surface area (Å²) in [6.45, 7) is 1.59. The number of likely N-dealkylation sites (tertiary alicyclic amines) is 1. The summed E-state index contributed by atoms with van der Waals surface area (Å²) in [5.41, 5.74) is -0.575. The van der Waals surface area contributed by atoms with E-state index in [2.05, 4.69) is 20.3 Å². The molecule has 1 saturated heterocycles. The normalized spacial score (nSPS) is 16.0. The van der Waals surface area contributed by atoms with Crippen LogP contribution in [0.1, 0.15) is 18.4 Å². The summed E-state index contributed by atoms with van der Waals surface area (Å²) in [5.74, 6) is 0.768. The van der Waals surface area contributed by atoms with Gasteiger partial charge in [0, 0.05) is 43.0 Å². The average Bonchev–Trinajstić information content (AvgIpc) is 3.44. The molecule has 2 heterocycles. The maximum Gasteiger partial charge on any atom is 0.137 e. The highest BCUT2D eigenvalue weighted by Gasteiger charge is 2.36. The van der Waals surface area contributed by atoms with E-state index in [1.807, 2.05) is 48.5 Å². The number of halogens is 2. The predicted molar refractivity (Wildman–Crippen MR) is 143 cm³/mol. The van der Waals surface area contributed by atoms with Crippen LogP contribution in [-0.2, 0) is 12.1 Å². The van der Waals surface area contributed by atoms with Gasteiger partial charge in [-0.3, -0.25) is 4.90 Å². The zero-order valence-electron chi connectivity index (χ0n) is 21.6. The maximum atomic E-state index is 14.7. The molecular weight excluding hydrogens is 504 g/mol. The molecule has 3 aromatic carbocycles. The Hall–Kier alpha value is -4.02. The molecule has 39 heavy (non-hydrogen) atoms. The van der Waals surface area contributed by atoms with Crippen molar-refractivity contribution in [2.24, 2.45) is 0 Å². The molecule has 0 aliphatic carbocycles. The first-order valence-corrected chi connectivity index (χ1v) is 12.8. The number of anilines is 1. The molecule has 1 aliphatic heterocycles. The van der Waals surface area contributed by atoms with Gasteiger partial charge in [-0.05, 0) is 67.4 Å². The van der Waals surface area contributed by atoms with Gasteiger partial charge in [-0.25, -0.2) is 18.4 Å². The van der Waals surface area contributed by atoms with E-state index < -0.39 is 17.2 Å². The Balaban J connectivity index is 1.17. The van der Waals surface area contributed by atoms with Crippen LogP contribution in [0, 0.1) is 11.6 Å². The number of hydrogen-bond donors (Lipinski definition) is 2. The average molecular weight is 536 g/mol. The fourth-order valence-corrected chi connectivity index (χ4v) is 4.91. The van der Waals surface area contributed by atoms with Gasteiger partial charge < -0.3 is 19.9 Å². The molecule has 1 aromatic heterocycles. The molecule has 5 rings (SSSR count). The first-order valence-electron chi connectivity index (χ1n) is 12.8. The SMILES string of the molecule is COc1ccc(Oc2ccc(NC3CCN(CC(O)(Cn4cncn4)c4ccc(F)cc4F)CC3)cc2)cc1. The molecule has 1 aliphatic rings. The monoisotopic (exact) mass is 535 g/mol. The van der Waals surface area contributed by atoms with E-state index in [0.29, 0.717) is 13.1 Å². The first-order chi connectivity index (χ1) is 18.9. The standard InChI is InChI=1S/C29H31F2N5O3/c1-38-24-7-9-26(10-8-24)39-25-5-3-22(4-6-25)34-23-12-14-35(15-13-23)17-29(37,18-36-20-32-19-33-36)27-11-2-21(30)16-28(27)31/h2-11,16,19-20,23,34,37H,12-15,17-18H2,1H3. The molecule has 10 heteroatoms. The van der Waals surface area contributed by atoms with Crippen LogP contribution in [0.5, 0.6) is 17.2 Å². The van der Waals surface area contributed by atoms with E-state index in [4.69, 9.17) is 9.47 Å². The number of β-amino-alcohol motifs (C(OH)–C–C–N with tert-alkyl or cyclic N) is 1. The van der Waals surface area contributed by atoms with Crippen molar-refractivity contribution in [3.8, 4) is 17.2 Å². The largest absolute Gasteiger partial charge is 0.497 e. The lowest BCUT2D eigenvalue weighted by atomic mass is 9.91. The number of benzene rings is 3. The van der Waals surface area contributed by atoms with E-state index in [0.717, 1.165) is 47.9 Å². The van der Waals surface area contributed by atoms with Crippen molar-refractivity contribution >= 4 is 5.69 Å². The van der Waals surface area contributed by atoms with E-state index >= 15 is 0 Å². The van der Waals surface area contributed by atoms with Gasteiger partial charge in [0.15, 0.2) is 0 Å². The molecular formula is C29H31F2N5O3. The van der Waals surface area contributed by atoms with Gasteiger partial charge in [0.05, 0.1) is 13.7 Å². The second-order valence-corrected chi connectivity index (χ2v) is 9.75. The Morgan fingerprint density at radius 1 is 0.949 bits per heavy atom. The highest BCUT2D eigenvalue weighted by Crippen LogP contribution is 2.30. The fourth-order valence-electron chi connectivity index (χ4n) is 4.91. The third-order valence-electron chi connectivity index (χ3n) is 6.92. The van der Waals surface area contributed by atoms with Gasteiger partial charge in [-0.1, -0.05) is 6.07 Å². The van der Waals surface area contributed by atoms with Crippen LogP contribution in [0.3, 0.4) is 0 Å². The zero-order valence-corrected chi connectivity index (χ0v) is 21.6. The zero-order chi connectivity index (χ0) is 27.2. The van der Waals surface area contributed by atoms with Crippen molar-refractivity contribution in [1.82, 2.24) is 19.7 Å². The Bertz CT molecular complexity index is 1340. The molecule has 1 fully saturated rings. The van der Waals surface area contributed by atoms with Crippen molar-refractivity contribution in [3.05, 3.63) is 96.6 Å². The molecule has 0 radical (unpaired) electrons. The summed E-state index contributed by atoms with van der Waals surface area (Å²) in [6.07, 6.45) is 4.51. The topological polar surface area (TPSA) is 84.7 Å². The van der Waals surface area contributed by atoms with Crippen LogP contribution in [0.25, 0.3) is 0 Å². The molecule has 0 saturated carbocycles. The molecule has 0 amide bonds. The lowest BCUT2D eigenvalue weighted by Gasteiger charge is -2.38. The summed E-state index contributed by atoms with van der Waals surface area (Å²) in [5, 5.41) is 19.2. The van der Waals surface area contributed by atoms with Crippen molar-refractivity contribution in [3.63, 3.8) is 0 Å². The second kappa shape index (κ2) is 11.8. The number of aromatic nitrogens is 3. The number of ether oxygens (including phenoxy) is 2. The molecule has 1 unspecified atom stereocenters. The lowest BCUT2D eigenvalue weighted by molar-refractivity contribution is -0.0260. The van der Waals surface area contributed by atoms with E-state index in [1.54, 1.807) is 7.11 Å². The van der Waals surface area contributed by atoms with Gasteiger partial charge in [-0.15, -0.1) is 0 Å². The smallest absolute Gasteiger partial charge is 0.137 e. The highest BCUT2D eigenvalue weighted by atomic mass is 19.1. The molecule has 8 nitrogen and oxygen atoms in total. The summed E-state index contributed by atoms with van der Waals surface area (Å²) in [4.78, 5) is 6.02. The van der Waals surface area contributed by atoms with Crippen molar-refractivity contribution in [2.45, 2.75) is 31.0 Å². The van der Waals surface area contributed by atoms with Gasteiger partial charge in [-0.2, -0.15) is 5.10 Å². The number of methoxy groups -OCH3 is 1. The second-order valence-electron chi connectivity index (χ2n) is 9.75. The van der Waals surface area contributed by atoms with E-state index in [1.165, 1.54) is 23.4 Å².